The number of benzene rings is 3. The predicted molar refractivity (Wildman–Crippen MR) is 162 cm³/mol. The van der Waals surface area contributed by atoms with Gasteiger partial charge >= 0.3 is 18.9 Å². The van der Waals surface area contributed by atoms with Crippen molar-refractivity contribution in [1.29, 1.82) is 0 Å². The van der Waals surface area contributed by atoms with Crippen molar-refractivity contribution in [3.63, 3.8) is 0 Å². The monoisotopic (exact) mass is 565 g/mol. The topological polar surface area (TPSA) is 123 Å². The fourth-order valence-corrected chi connectivity index (χ4v) is 5.51. The first kappa shape index (κ1) is 27.7. The maximum atomic E-state index is 13.0. The molecule has 10 heteroatoms. The minimum atomic E-state index is -0.742. The number of aromatic nitrogens is 2. The zero-order valence-corrected chi connectivity index (χ0v) is 23.9. The van der Waals surface area contributed by atoms with Crippen molar-refractivity contribution in [2.45, 2.75) is 44.8 Å². The third kappa shape index (κ3) is 5.08. The van der Waals surface area contributed by atoms with Gasteiger partial charge in [-0.15, -0.1) is 0 Å². The van der Waals surface area contributed by atoms with E-state index in [2.05, 4.69) is 39.6 Å². The molecule has 2 aliphatic rings. The van der Waals surface area contributed by atoms with Gasteiger partial charge in [0.15, 0.2) is 0 Å². The highest BCUT2D eigenvalue weighted by Gasteiger charge is 2.52. The largest absolute Gasteiger partial charge is 0.492 e. The molecule has 42 heavy (non-hydrogen) atoms. The maximum Gasteiger partial charge on any atom is 0.492 e. The van der Waals surface area contributed by atoms with Crippen molar-refractivity contribution in [2.24, 2.45) is 0 Å². The molecule has 1 aliphatic heterocycles. The Balaban J connectivity index is 1.22. The molecule has 1 aliphatic carbocycles. The molecule has 1 saturated heterocycles. The summed E-state index contributed by atoms with van der Waals surface area (Å²) in [4.78, 5) is 41.9. The first-order valence-electron chi connectivity index (χ1n) is 13.9. The van der Waals surface area contributed by atoms with E-state index in [4.69, 9.17) is 14.0 Å². The molecule has 9 nitrogen and oxygen atoms in total. The van der Waals surface area contributed by atoms with Gasteiger partial charge in [0, 0.05) is 12.5 Å². The van der Waals surface area contributed by atoms with Gasteiger partial charge in [0.2, 0.25) is 0 Å². The molecule has 0 spiro atoms. The van der Waals surface area contributed by atoms with Crippen molar-refractivity contribution in [2.75, 3.05) is 13.2 Å². The van der Waals surface area contributed by atoms with Crippen molar-refractivity contribution < 1.29 is 18.8 Å². The molecule has 1 amide bonds. The number of carbonyl (C=O) groups is 1. The number of rotatable bonds is 6. The van der Waals surface area contributed by atoms with Crippen molar-refractivity contribution >= 4 is 30.2 Å². The Morgan fingerprint density at radius 3 is 2.19 bits per heavy atom. The molecule has 214 valence electrons. The highest BCUT2D eigenvalue weighted by Crippen LogP contribution is 2.44. The highest BCUT2D eigenvalue weighted by atomic mass is 16.7. The van der Waals surface area contributed by atoms with E-state index >= 15 is 0 Å². The van der Waals surface area contributed by atoms with E-state index in [0.717, 1.165) is 22.3 Å². The van der Waals surface area contributed by atoms with Gasteiger partial charge in [0.05, 0.1) is 22.1 Å². The van der Waals surface area contributed by atoms with Gasteiger partial charge in [-0.25, -0.2) is 9.59 Å². The molecular weight excluding hydrogens is 533 g/mol. The number of aromatic amines is 2. The molecular formula is C32H32BN3O6. The summed E-state index contributed by atoms with van der Waals surface area (Å²) in [5.41, 5.74) is 4.09. The molecule has 0 unspecified atom stereocenters. The van der Waals surface area contributed by atoms with E-state index in [1.807, 2.05) is 58.0 Å². The van der Waals surface area contributed by atoms with E-state index < -0.39 is 35.7 Å². The molecule has 2 heterocycles. The fourth-order valence-electron chi connectivity index (χ4n) is 5.51. The SMILES string of the molecule is CC1(C)OB(C(=Cc2ccc3[nH]c(=O)[nH]c(=O)c3c2)CNC(=O)OCC2c3ccccc3-c3ccccc32)OC1(C)C. The molecule has 6 rings (SSSR count). The average Bonchev–Trinajstić information content (AvgIpc) is 3.38. The van der Waals surface area contributed by atoms with Crippen LogP contribution in [0.5, 0.6) is 0 Å². The van der Waals surface area contributed by atoms with Gasteiger partial charge in [0.25, 0.3) is 5.56 Å². The van der Waals surface area contributed by atoms with Gasteiger partial charge in [-0.2, -0.15) is 0 Å². The number of H-pyrrole nitrogens is 2. The van der Waals surface area contributed by atoms with Crippen LogP contribution in [0, 0.1) is 0 Å². The van der Waals surface area contributed by atoms with E-state index in [-0.39, 0.29) is 19.1 Å². The number of hydrogen-bond donors (Lipinski definition) is 3. The number of ether oxygens (including phenoxy) is 1. The van der Waals surface area contributed by atoms with Crippen LogP contribution in [-0.4, -0.2) is 47.5 Å². The van der Waals surface area contributed by atoms with Crippen LogP contribution in [0.3, 0.4) is 0 Å². The van der Waals surface area contributed by atoms with Crippen LogP contribution in [-0.2, 0) is 14.0 Å². The molecule has 0 atom stereocenters. The second-order valence-corrected chi connectivity index (χ2v) is 11.7. The summed E-state index contributed by atoms with van der Waals surface area (Å²) in [5, 5.41) is 3.19. The fraction of sp³-hybridized carbons (Fsp3) is 0.281. The Morgan fingerprint density at radius 1 is 0.929 bits per heavy atom. The molecule has 4 aromatic rings. The quantitative estimate of drug-likeness (QED) is 0.290. The molecule has 3 aromatic carbocycles. The van der Waals surface area contributed by atoms with Gasteiger partial charge < -0.3 is 24.3 Å². The van der Waals surface area contributed by atoms with Gasteiger partial charge in [-0.05, 0) is 73.1 Å². The average molecular weight is 565 g/mol. The van der Waals surface area contributed by atoms with Gasteiger partial charge in [0.1, 0.15) is 6.61 Å². The number of carbonyl (C=O) groups excluding carboxylic acids is 1. The van der Waals surface area contributed by atoms with Gasteiger partial charge in [-0.3, -0.25) is 9.78 Å². The minimum absolute atomic E-state index is 0.0524. The number of nitrogens with one attached hydrogen (secondary N) is 3. The highest BCUT2D eigenvalue weighted by molar-refractivity contribution is 6.56. The predicted octanol–water partition coefficient (Wildman–Crippen LogP) is 4.77. The Bertz CT molecular complexity index is 1780. The van der Waals surface area contributed by atoms with Crippen LogP contribution >= 0.6 is 0 Å². The van der Waals surface area contributed by atoms with Crippen molar-refractivity contribution in [3.8, 4) is 11.1 Å². The number of fused-ring (bicyclic) bond motifs is 4. The third-order valence-electron chi connectivity index (χ3n) is 8.45. The molecule has 1 fully saturated rings. The summed E-state index contributed by atoms with van der Waals surface area (Å²) < 4.78 is 18.3. The van der Waals surface area contributed by atoms with Crippen molar-refractivity contribution in [3.05, 3.63) is 110 Å². The summed E-state index contributed by atoms with van der Waals surface area (Å²) in [6.45, 7) is 8.10. The van der Waals surface area contributed by atoms with Crippen molar-refractivity contribution in [1.82, 2.24) is 15.3 Å². The molecule has 0 radical (unpaired) electrons. The maximum absolute atomic E-state index is 13.0. The van der Waals surface area contributed by atoms with Crippen LogP contribution in [0.1, 0.15) is 50.3 Å². The number of alkyl carbamates (subject to hydrolysis) is 1. The van der Waals surface area contributed by atoms with Crippen LogP contribution in [0.25, 0.3) is 28.1 Å². The Labute approximate surface area is 243 Å². The van der Waals surface area contributed by atoms with Crippen LogP contribution in [0.15, 0.2) is 81.8 Å². The second-order valence-electron chi connectivity index (χ2n) is 11.7. The first-order chi connectivity index (χ1) is 20.0. The number of amides is 1. The van der Waals surface area contributed by atoms with Crippen LogP contribution in [0.4, 0.5) is 4.79 Å². The first-order valence-corrected chi connectivity index (χ1v) is 13.9. The molecule has 1 aromatic heterocycles. The van der Waals surface area contributed by atoms with E-state index in [1.165, 1.54) is 0 Å². The Hall–Kier alpha value is -4.41. The number of hydrogen-bond acceptors (Lipinski definition) is 6. The molecule has 0 saturated carbocycles. The normalized spacial score (nSPS) is 17.2. The van der Waals surface area contributed by atoms with Crippen LogP contribution < -0.4 is 16.6 Å². The summed E-state index contributed by atoms with van der Waals surface area (Å²) in [7, 11) is -0.742. The lowest BCUT2D eigenvalue weighted by Crippen LogP contribution is -2.41. The summed E-state index contributed by atoms with van der Waals surface area (Å²) in [5.74, 6) is -0.0524. The van der Waals surface area contributed by atoms with Crippen LogP contribution in [0.2, 0.25) is 0 Å². The lowest BCUT2D eigenvalue weighted by molar-refractivity contribution is 0.00578. The standard InChI is InChI=1S/C32H32BN3O6/c1-31(2)32(3,4)42-33(41-31)20(15-19-13-14-27-25(16-19)28(37)36-29(38)35-27)17-34-30(39)40-18-26-23-11-7-5-9-21(23)22-10-6-8-12-24(22)26/h5-16,26H,17-18H2,1-4H3,(H,34,39)(H2,35,36,37,38). The zero-order chi connectivity index (χ0) is 29.6. The van der Waals surface area contributed by atoms with E-state index in [9.17, 15) is 14.4 Å². The summed E-state index contributed by atoms with van der Waals surface area (Å²) >= 11 is 0. The summed E-state index contributed by atoms with van der Waals surface area (Å²) in [6.07, 6.45) is 1.25. The lowest BCUT2D eigenvalue weighted by Gasteiger charge is -2.32. The zero-order valence-electron chi connectivity index (χ0n) is 23.9. The lowest BCUT2D eigenvalue weighted by atomic mass is 9.77. The minimum Gasteiger partial charge on any atom is -0.449 e. The molecule has 3 N–H and O–H groups in total. The Kier molecular flexibility index (Phi) is 6.91. The molecule has 0 bridgehead atoms. The second kappa shape index (κ2) is 10.5. The Morgan fingerprint density at radius 2 is 1.55 bits per heavy atom. The summed E-state index contributed by atoms with van der Waals surface area (Å²) in [6, 6.07) is 21.5. The van der Waals surface area contributed by atoms with Gasteiger partial charge in [-0.1, -0.05) is 60.7 Å². The third-order valence-corrected chi connectivity index (χ3v) is 8.45. The van der Waals surface area contributed by atoms with E-state index in [0.29, 0.717) is 21.9 Å². The van der Waals surface area contributed by atoms with E-state index in [1.54, 1.807) is 18.2 Å². The smallest absolute Gasteiger partial charge is 0.449 e.